The van der Waals surface area contributed by atoms with Crippen LogP contribution < -0.4 is 0 Å². The molecule has 0 heterocycles. The molecule has 0 spiro atoms. The SMILES string of the molecule is C=CC(=O)N(CC)CC(=O)CN(CC)C(=O)C=C. The molecule has 0 bridgehead atoms. The Morgan fingerprint density at radius 1 is 0.889 bits per heavy atom. The van der Waals surface area contributed by atoms with Gasteiger partial charge in [-0.15, -0.1) is 0 Å². The quantitative estimate of drug-likeness (QED) is 0.595. The predicted octanol–water partition coefficient (Wildman–Crippen LogP) is 0.625. The van der Waals surface area contributed by atoms with Gasteiger partial charge in [0.25, 0.3) is 0 Å². The molecule has 0 aliphatic heterocycles. The van der Waals surface area contributed by atoms with E-state index in [-0.39, 0.29) is 30.7 Å². The third-order valence-corrected chi connectivity index (χ3v) is 2.47. The second kappa shape index (κ2) is 8.22. The molecule has 0 aliphatic rings. The zero-order chi connectivity index (χ0) is 14.1. The van der Waals surface area contributed by atoms with Gasteiger partial charge >= 0.3 is 0 Å². The van der Waals surface area contributed by atoms with Crippen molar-refractivity contribution < 1.29 is 14.4 Å². The number of Topliss-reactive ketones (excluding diaryl/α,β-unsaturated/α-hetero) is 1. The Balaban J connectivity index is 4.48. The van der Waals surface area contributed by atoms with Gasteiger partial charge in [-0.3, -0.25) is 14.4 Å². The van der Waals surface area contributed by atoms with Gasteiger partial charge in [-0.2, -0.15) is 0 Å². The number of likely N-dealkylation sites (N-methyl/N-ethyl adjacent to an activating group) is 2. The van der Waals surface area contributed by atoms with Gasteiger partial charge in [0.1, 0.15) is 0 Å². The minimum absolute atomic E-state index is 0.0116. The molecule has 5 nitrogen and oxygen atoms in total. The van der Waals surface area contributed by atoms with Crippen LogP contribution >= 0.6 is 0 Å². The normalized spacial score (nSPS) is 9.44. The van der Waals surface area contributed by atoms with E-state index < -0.39 is 0 Å². The van der Waals surface area contributed by atoms with Crippen molar-refractivity contribution in [2.24, 2.45) is 0 Å². The number of hydrogen-bond acceptors (Lipinski definition) is 3. The highest BCUT2D eigenvalue weighted by Crippen LogP contribution is 1.96. The Morgan fingerprint density at radius 3 is 1.44 bits per heavy atom. The van der Waals surface area contributed by atoms with Crippen LogP contribution in [0.5, 0.6) is 0 Å². The van der Waals surface area contributed by atoms with Crippen molar-refractivity contribution in [1.29, 1.82) is 0 Å². The lowest BCUT2D eigenvalue weighted by molar-refractivity contribution is -0.134. The van der Waals surface area contributed by atoms with Gasteiger partial charge in [0.05, 0.1) is 13.1 Å². The maximum absolute atomic E-state index is 11.8. The van der Waals surface area contributed by atoms with E-state index in [2.05, 4.69) is 13.2 Å². The highest BCUT2D eigenvalue weighted by Gasteiger charge is 2.17. The molecule has 0 aromatic carbocycles. The van der Waals surface area contributed by atoms with E-state index in [1.807, 2.05) is 0 Å². The first kappa shape index (κ1) is 16.1. The summed E-state index contributed by atoms with van der Waals surface area (Å²) in [6.45, 7) is 11.1. The first-order chi connectivity index (χ1) is 8.49. The molecule has 0 aliphatic carbocycles. The van der Waals surface area contributed by atoms with Crippen molar-refractivity contribution in [3.63, 3.8) is 0 Å². The average molecular weight is 252 g/mol. The standard InChI is InChI=1S/C13H20N2O3/c1-5-12(17)14(7-3)9-11(16)10-15(8-4)13(18)6-2/h5-6H,1-2,7-10H2,3-4H3. The van der Waals surface area contributed by atoms with E-state index >= 15 is 0 Å². The maximum atomic E-state index is 11.8. The molecule has 0 unspecified atom stereocenters. The van der Waals surface area contributed by atoms with Crippen LogP contribution in [0.25, 0.3) is 0 Å². The number of nitrogens with zero attached hydrogens (tertiary/aromatic N) is 2. The van der Waals surface area contributed by atoms with Gasteiger partial charge in [0, 0.05) is 13.1 Å². The summed E-state index contributed by atoms with van der Waals surface area (Å²) in [6, 6.07) is 0. The molecular formula is C13H20N2O3. The van der Waals surface area contributed by atoms with E-state index in [0.29, 0.717) is 13.1 Å². The number of rotatable bonds is 8. The zero-order valence-corrected chi connectivity index (χ0v) is 11.0. The first-order valence-electron chi connectivity index (χ1n) is 5.84. The van der Waals surface area contributed by atoms with Crippen molar-refractivity contribution in [1.82, 2.24) is 9.80 Å². The molecule has 0 N–H and O–H groups in total. The molecule has 0 fully saturated rings. The van der Waals surface area contributed by atoms with Crippen LogP contribution in [0.4, 0.5) is 0 Å². The fourth-order valence-electron chi connectivity index (χ4n) is 1.43. The lowest BCUT2D eigenvalue weighted by atomic mass is 10.3. The highest BCUT2D eigenvalue weighted by molar-refractivity contribution is 5.94. The van der Waals surface area contributed by atoms with Crippen LogP contribution in [0.3, 0.4) is 0 Å². The number of carbonyl (C=O) groups is 3. The molecule has 0 saturated carbocycles. The number of amides is 2. The van der Waals surface area contributed by atoms with Crippen molar-refractivity contribution in [2.75, 3.05) is 26.2 Å². The Morgan fingerprint density at radius 2 is 1.22 bits per heavy atom. The maximum Gasteiger partial charge on any atom is 0.246 e. The zero-order valence-electron chi connectivity index (χ0n) is 11.0. The van der Waals surface area contributed by atoms with Gasteiger partial charge in [0.2, 0.25) is 11.8 Å². The fourth-order valence-corrected chi connectivity index (χ4v) is 1.43. The van der Waals surface area contributed by atoms with Crippen molar-refractivity contribution in [3.05, 3.63) is 25.3 Å². The molecule has 0 aromatic heterocycles. The lowest BCUT2D eigenvalue weighted by Crippen LogP contribution is -2.41. The molecule has 2 amide bonds. The number of carbonyl (C=O) groups excluding carboxylic acids is 3. The average Bonchev–Trinajstić information content (AvgIpc) is 2.40. The van der Waals surface area contributed by atoms with E-state index in [1.54, 1.807) is 13.8 Å². The second-order valence-corrected chi connectivity index (χ2v) is 3.65. The Bertz CT molecular complexity index is 318. The van der Waals surface area contributed by atoms with Crippen molar-refractivity contribution in [3.8, 4) is 0 Å². The molecule has 0 rings (SSSR count). The summed E-state index contributed by atoms with van der Waals surface area (Å²) in [7, 11) is 0. The Kier molecular flexibility index (Phi) is 7.35. The van der Waals surface area contributed by atoms with Crippen LogP contribution in [0.2, 0.25) is 0 Å². The van der Waals surface area contributed by atoms with Crippen LogP contribution in [0, 0.1) is 0 Å². The van der Waals surface area contributed by atoms with Crippen LogP contribution in [0.15, 0.2) is 25.3 Å². The first-order valence-corrected chi connectivity index (χ1v) is 5.84. The molecule has 18 heavy (non-hydrogen) atoms. The van der Waals surface area contributed by atoms with Crippen LogP contribution in [0.1, 0.15) is 13.8 Å². The highest BCUT2D eigenvalue weighted by atomic mass is 16.2. The monoisotopic (exact) mass is 252 g/mol. The third kappa shape index (κ3) is 4.95. The van der Waals surface area contributed by atoms with Gasteiger partial charge < -0.3 is 9.80 Å². The summed E-state index contributed by atoms with van der Waals surface area (Å²) in [5.41, 5.74) is 0. The van der Waals surface area contributed by atoms with E-state index in [0.717, 1.165) is 0 Å². The Hall–Kier alpha value is -1.91. The molecular weight excluding hydrogens is 232 g/mol. The van der Waals surface area contributed by atoms with Crippen LogP contribution in [-0.2, 0) is 14.4 Å². The van der Waals surface area contributed by atoms with E-state index in [1.165, 1.54) is 22.0 Å². The number of ketones is 1. The minimum Gasteiger partial charge on any atom is -0.332 e. The van der Waals surface area contributed by atoms with E-state index in [4.69, 9.17) is 0 Å². The lowest BCUT2D eigenvalue weighted by Gasteiger charge is -2.22. The minimum atomic E-state index is -0.288. The topological polar surface area (TPSA) is 57.7 Å². The summed E-state index contributed by atoms with van der Waals surface area (Å²) in [5.74, 6) is -0.767. The molecule has 5 heteroatoms. The fraction of sp³-hybridized carbons (Fsp3) is 0.462. The van der Waals surface area contributed by atoms with Gasteiger partial charge in [-0.05, 0) is 26.0 Å². The number of hydrogen-bond donors (Lipinski definition) is 0. The smallest absolute Gasteiger partial charge is 0.246 e. The predicted molar refractivity (Wildman–Crippen MR) is 69.9 cm³/mol. The second-order valence-electron chi connectivity index (χ2n) is 3.65. The summed E-state index contributed by atoms with van der Waals surface area (Å²) < 4.78 is 0. The van der Waals surface area contributed by atoms with Crippen LogP contribution in [-0.4, -0.2) is 53.6 Å². The summed E-state index contributed by atoms with van der Waals surface area (Å²) in [5, 5.41) is 0. The molecule has 0 saturated heterocycles. The van der Waals surface area contributed by atoms with Crippen molar-refractivity contribution in [2.45, 2.75) is 13.8 Å². The summed E-state index contributed by atoms with van der Waals surface area (Å²) in [4.78, 5) is 37.3. The van der Waals surface area contributed by atoms with Gasteiger partial charge in [0.15, 0.2) is 5.78 Å². The molecule has 0 radical (unpaired) electrons. The van der Waals surface area contributed by atoms with Gasteiger partial charge in [-0.25, -0.2) is 0 Å². The van der Waals surface area contributed by atoms with Gasteiger partial charge in [-0.1, -0.05) is 13.2 Å². The van der Waals surface area contributed by atoms with Crippen molar-refractivity contribution >= 4 is 17.6 Å². The Labute approximate surface area is 108 Å². The third-order valence-electron chi connectivity index (χ3n) is 2.47. The molecule has 0 aromatic rings. The largest absolute Gasteiger partial charge is 0.332 e. The molecule has 0 atom stereocenters. The summed E-state index contributed by atoms with van der Waals surface area (Å²) >= 11 is 0. The van der Waals surface area contributed by atoms with E-state index in [9.17, 15) is 14.4 Å². The summed E-state index contributed by atoms with van der Waals surface area (Å²) in [6.07, 6.45) is 2.34. The molecule has 100 valence electrons.